The van der Waals surface area contributed by atoms with Gasteiger partial charge in [0.25, 0.3) is 5.91 Å². The van der Waals surface area contributed by atoms with Crippen LogP contribution in [0.5, 0.6) is 5.75 Å². The molecule has 0 unspecified atom stereocenters. The van der Waals surface area contributed by atoms with Gasteiger partial charge < -0.3 is 14.5 Å². The molecule has 0 radical (unpaired) electrons. The van der Waals surface area contributed by atoms with E-state index >= 15 is 0 Å². The van der Waals surface area contributed by atoms with Gasteiger partial charge >= 0.3 is 0 Å². The van der Waals surface area contributed by atoms with Crippen molar-refractivity contribution in [1.29, 1.82) is 0 Å². The molecule has 0 N–H and O–H groups in total. The number of nitrogens with zero attached hydrogens (tertiary/aromatic N) is 2. The monoisotopic (exact) mass is 370 g/mol. The Morgan fingerprint density at radius 2 is 1.63 bits per heavy atom. The molecule has 1 heterocycles. The summed E-state index contributed by atoms with van der Waals surface area (Å²) in [5.41, 5.74) is 1.63. The number of rotatable bonds is 4. The molecule has 1 fully saturated rings. The lowest BCUT2D eigenvalue weighted by molar-refractivity contribution is -0.133. The lowest BCUT2D eigenvalue weighted by Crippen LogP contribution is -2.50. The topological polar surface area (TPSA) is 32.8 Å². The first kappa shape index (κ1) is 19.2. The van der Waals surface area contributed by atoms with Crippen molar-refractivity contribution in [3.8, 4) is 5.75 Å². The van der Waals surface area contributed by atoms with Crippen LogP contribution < -0.4 is 9.64 Å². The number of benzene rings is 2. The first-order valence-electron chi connectivity index (χ1n) is 9.36. The van der Waals surface area contributed by atoms with E-state index in [0.717, 1.165) is 11.3 Å². The number of piperazine rings is 1. The van der Waals surface area contributed by atoms with Crippen LogP contribution in [0.15, 0.2) is 48.5 Å². The molecule has 5 heteroatoms. The molecular formula is C22H27FN2O2. The molecule has 0 aliphatic carbocycles. The van der Waals surface area contributed by atoms with E-state index in [-0.39, 0.29) is 23.7 Å². The summed E-state index contributed by atoms with van der Waals surface area (Å²) in [6.45, 7) is 8.76. The molecule has 4 nitrogen and oxygen atoms in total. The zero-order valence-corrected chi connectivity index (χ0v) is 16.2. The van der Waals surface area contributed by atoms with Gasteiger partial charge in [0.1, 0.15) is 11.6 Å². The second-order valence-corrected chi connectivity index (χ2v) is 7.85. The Labute approximate surface area is 160 Å². The van der Waals surface area contributed by atoms with Gasteiger partial charge in [-0.2, -0.15) is 0 Å². The Bertz CT molecular complexity index is 793. The summed E-state index contributed by atoms with van der Waals surface area (Å²) < 4.78 is 19.8. The van der Waals surface area contributed by atoms with E-state index in [4.69, 9.17) is 4.74 Å². The molecule has 2 aromatic carbocycles. The number of hydrogen-bond acceptors (Lipinski definition) is 3. The maximum Gasteiger partial charge on any atom is 0.260 e. The number of carbonyl (C=O) groups excluding carboxylic acids is 1. The summed E-state index contributed by atoms with van der Waals surface area (Å²) in [7, 11) is 0. The molecule has 27 heavy (non-hydrogen) atoms. The second kappa shape index (κ2) is 7.99. The molecule has 3 rings (SSSR count). The third-order valence-corrected chi connectivity index (χ3v) is 4.87. The van der Waals surface area contributed by atoms with Crippen molar-refractivity contribution in [3.63, 3.8) is 0 Å². The normalized spacial score (nSPS) is 15.0. The van der Waals surface area contributed by atoms with Crippen LogP contribution in [0.1, 0.15) is 26.3 Å². The van der Waals surface area contributed by atoms with Crippen molar-refractivity contribution in [2.24, 2.45) is 0 Å². The molecule has 0 atom stereocenters. The number of anilines is 1. The average Bonchev–Trinajstić information content (AvgIpc) is 2.66. The molecule has 1 aliphatic heterocycles. The fourth-order valence-electron chi connectivity index (χ4n) is 3.35. The standard InChI is InChI=1S/C22H27FN2O2/c1-22(2,3)17-8-4-7-11-20(17)27-16-21(26)25-14-12-24(13-15-25)19-10-6-5-9-18(19)23/h4-11H,12-16H2,1-3H3. The minimum Gasteiger partial charge on any atom is -0.483 e. The first-order chi connectivity index (χ1) is 12.9. The quantitative estimate of drug-likeness (QED) is 0.820. The summed E-state index contributed by atoms with van der Waals surface area (Å²) in [6.07, 6.45) is 0. The summed E-state index contributed by atoms with van der Waals surface area (Å²) in [5.74, 6) is 0.495. The maximum absolute atomic E-state index is 13.9. The zero-order chi connectivity index (χ0) is 19.4. The van der Waals surface area contributed by atoms with E-state index in [1.54, 1.807) is 17.0 Å². The molecule has 1 aliphatic rings. The lowest BCUT2D eigenvalue weighted by atomic mass is 9.86. The number of halogens is 1. The highest BCUT2D eigenvalue weighted by Crippen LogP contribution is 2.31. The Morgan fingerprint density at radius 1 is 1.00 bits per heavy atom. The Hall–Kier alpha value is -2.56. The number of para-hydroxylation sites is 2. The molecule has 0 saturated carbocycles. The van der Waals surface area contributed by atoms with Crippen molar-refractivity contribution in [2.45, 2.75) is 26.2 Å². The second-order valence-electron chi connectivity index (χ2n) is 7.85. The molecule has 0 aromatic heterocycles. The van der Waals surface area contributed by atoms with Gasteiger partial charge in [-0.15, -0.1) is 0 Å². The van der Waals surface area contributed by atoms with Gasteiger partial charge in [-0.05, 0) is 29.2 Å². The number of carbonyl (C=O) groups is 1. The molecular weight excluding hydrogens is 343 g/mol. The highest BCUT2D eigenvalue weighted by Gasteiger charge is 2.24. The maximum atomic E-state index is 13.9. The predicted molar refractivity (Wildman–Crippen MR) is 106 cm³/mol. The third kappa shape index (κ3) is 4.59. The summed E-state index contributed by atoms with van der Waals surface area (Å²) in [4.78, 5) is 16.3. The van der Waals surface area contributed by atoms with Gasteiger partial charge in [-0.25, -0.2) is 4.39 Å². The first-order valence-corrected chi connectivity index (χ1v) is 9.36. The fourth-order valence-corrected chi connectivity index (χ4v) is 3.35. The fraction of sp³-hybridized carbons (Fsp3) is 0.409. The van der Waals surface area contributed by atoms with Gasteiger partial charge in [-0.3, -0.25) is 4.79 Å². The highest BCUT2D eigenvalue weighted by molar-refractivity contribution is 5.78. The Morgan fingerprint density at radius 3 is 2.30 bits per heavy atom. The summed E-state index contributed by atoms with van der Waals surface area (Å²) >= 11 is 0. The molecule has 1 saturated heterocycles. The van der Waals surface area contributed by atoms with Crippen molar-refractivity contribution >= 4 is 11.6 Å². The number of amides is 1. The van der Waals surface area contributed by atoms with Crippen LogP contribution in [0.25, 0.3) is 0 Å². The summed E-state index contributed by atoms with van der Waals surface area (Å²) in [6, 6.07) is 14.6. The van der Waals surface area contributed by atoms with Gasteiger partial charge in [0.2, 0.25) is 0 Å². The number of ether oxygens (including phenoxy) is 1. The van der Waals surface area contributed by atoms with E-state index < -0.39 is 0 Å². The van der Waals surface area contributed by atoms with Crippen molar-refractivity contribution in [1.82, 2.24) is 4.90 Å². The smallest absolute Gasteiger partial charge is 0.260 e. The number of hydrogen-bond donors (Lipinski definition) is 0. The highest BCUT2D eigenvalue weighted by atomic mass is 19.1. The molecule has 144 valence electrons. The Balaban J connectivity index is 1.56. The van der Waals surface area contributed by atoms with E-state index in [1.165, 1.54) is 6.07 Å². The average molecular weight is 370 g/mol. The van der Waals surface area contributed by atoms with E-state index in [9.17, 15) is 9.18 Å². The Kier molecular flexibility index (Phi) is 5.68. The third-order valence-electron chi connectivity index (χ3n) is 4.87. The van der Waals surface area contributed by atoms with Crippen LogP contribution in [-0.2, 0) is 10.2 Å². The van der Waals surface area contributed by atoms with Crippen molar-refractivity contribution in [3.05, 3.63) is 59.9 Å². The predicted octanol–water partition coefficient (Wildman–Crippen LogP) is 3.85. The van der Waals surface area contributed by atoms with Crippen LogP contribution in [0.4, 0.5) is 10.1 Å². The SMILES string of the molecule is CC(C)(C)c1ccccc1OCC(=O)N1CCN(c2ccccc2F)CC1. The van der Waals surface area contributed by atoms with Gasteiger partial charge in [0.15, 0.2) is 6.61 Å². The van der Waals surface area contributed by atoms with E-state index in [2.05, 4.69) is 20.8 Å². The molecule has 1 amide bonds. The largest absolute Gasteiger partial charge is 0.483 e. The van der Waals surface area contributed by atoms with Crippen LogP contribution in [-0.4, -0.2) is 43.6 Å². The zero-order valence-electron chi connectivity index (χ0n) is 16.2. The van der Waals surface area contributed by atoms with Crippen LogP contribution >= 0.6 is 0 Å². The van der Waals surface area contributed by atoms with Gasteiger partial charge in [0, 0.05) is 26.2 Å². The van der Waals surface area contributed by atoms with Crippen molar-refractivity contribution < 1.29 is 13.9 Å². The van der Waals surface area contributed by atoms with E-state index in [0.29, 0.717) is 31.9 Å². The molecule has 0 bridgehead atoms. The minimum atomic E-state index is -0.223. The van der Waals surface area contributed by atoms with Gasteiger partial charge in [0.05, 0.1) is 5.69 Å². The summed E-state index contributed by atoms with van der Waals surface area (Å²) in [5, 5.41) is 0. The van der Waals surface area contributed by atoms with Crippen LogP contribution in [0.2, 0.25) is 0 Å². The van der Waals surface area contributed by atoms with Crippen LogP contribution in [0, 0.1) is 5.82 Å². The van der Waals surface area contributed by atoms with Gasteiger partial charge in [-0.1, -0.05) is 51.1 Å². The minimum absolute atomic E-state index is 0.0206. The molecule has 0 spiro atoms. The van der Waals surface area contributed by atoms with Crippen LogP contribution in [0.3, 0.4) is 0 Å². The molecule has 2 aromatic rings. The lowest BCUT2D eigenvalue weighted by Gasteiger charge is -2.36. The van der Waals surface area contributed by atoms with E-state index in [1.807, 2.05) is 35.2 Å². The van der Waals surface area contributed by atoms with Crippen molar-refractivity contribution in [2.75, 3.05) is 37.7 Å².